The van der Waals surface area contributed by atoms with Gasteiger partial charge in [-0.1, -0.05) is 30.3 Å². The van der Waals surface area contributed by atoms with E-state index in [-0.39, 0.29) is 17.7 Å². The molecule has 5 heteroatoms. The van der Waals surface area contributed by atoms with E-state index in [0.717, 1.165) is 37.3 Å². The van der Waals surface area contributed by atoms with Crippen molar-refractivity contribution in [2.75, 3.05) is 20.2 Å². The van der Waals surface area contributed by atoms with Crippen LogP contribution >= 0.6 is 0 Å². The number of aliphatic hydroxyl groups excluding tert-OH is 1. The van der Waals surface area contributed by atoms with E-state index >= 15 is 0 Å². The molecule has 2 heterocycles. The third-order valence-corrected chi connectivity index (χ3v) is 5.13. The van der Waals surface area contributed by atoms with Gasteiger partial charge < -0.3 is 14.3 Å². The number of carbonyl (C=O) groups excluding carboxylic acids is 1. The molecule has 3 rings (SSSR count). The minimum atomic E-state index is -0.455. The Labute approximate surface area is 148 Å². The third-order valence-electron chi connectivity index (χ3n) is 5.13. The van der Waals surface area contributed by atoms with Crippen LogP contribution in [-0.2, 0) is 4.74 Å². The van der Waals surface area contributed by atoms with E-state index in [2.05, 4.69) is 16.6 Å². The topological polar surface area (TPSA) is 62.9 Å². The maximum atomic E-state index is 11.5. The molecule has 0 bridgehead atoms. The first-order chi connectivity index (χ1) is 12.1. The van der Waals surface area contributed by atoms with E-state index in [4.69, 9.17) is 4.42 Å². The number of carbonyl (C=O) groups is 1. The summed E-state index contributed by atoms with van der Waals surface area (Å²) in [4.78, 5) is 13.8. The SMILES string of the molecule is COC(=O)c1ccc(C(C)N2CCC(C(O)c3ccccc3)CC2)o1. The van der Waals surface area contributed by atoms with Crippen molar-refractivity contribution < 1.29 is 19.1 Å². The van der Waals surface area contributed by atoms with Gasteiger partial charge in [0.1, 0.15) is 5.76 Å². The van der Waals surface area contributed by atoms with Crippen LogP contribution in [0.25, 0.3) is 0 Å². The number of likely N-dealkylation sites (tertiary alicyclic amines) is 1. The summed E-state index contributed by atoms with van der Waals surface area (Å²) < 4.78 is 10.3. The van der Waals surface area contributed by atoms with Crippen LogP contribution in [0.5, 0.6) is 0 Å². The first kappa shape index (κ1) is 17.7. The van der Waals surface area contributed by atoms with Gasteiger partial charge in [0, 0.05) is 0 Å². The molecule has 25 heavy (non-hydrogen) atoms. The Morgan fingerprint density at radius 2 is 1.88 bits per heavy atom. The van der Waals surface area contributed by atoms with E-state index in [1.165, 1.54) is 7.11 Å². The second-order valence-electron chi connectivity index (χ2n) is 6.60. The largest absolute Gasteiger partial charge is 0.463 e. The number of piperidine rings is 1. The van der Waals surface area contributed by atoms with Gasteiger partial charge in [0.05, 0.1) is 19.3 Å². The van der Waals surface area contributed by atoms with E-state index in [9.17, 15) is 9.90 Å². The Hall–Kier alpha value is -2.11. The maximum Gasteiger partial charge on any atom is 0.373 e. The Balaban J connectivity index is 1.58. The lowest BCUT2D eigenvalue weighted by Crippen LogP contribution is -2.37. The Morgan fingerprint density at radius 3 is 2.52 bits per heavy atom. The van der Waals surface area contributed by atoms with Crippen LogP contribution < -0.4 is 0 Å². The molecule has 0 aliphatic carbocycles. The number of aliphatic hydroxyl groups is 1. The molecule has 2 unspecified atom stereocenters. The highest BCUT2D eigenvalue weighted by Gasteiger charge is 2.29. The van der Waals surface area contributed by atoms with Crippen LogP contribution in [0.2, 0.25) is 0 Å². The van der Waals surface area contributed by atoms with Gasteiger partial charge in [-0.3, -0.25) is 4.90 Å². The minimum absolute atomic E-state index is 0.0909. The predicted molar refractivity (Wildman–Crippen MR) is 94.2 cm³/mol. The second-order valence-corrected chi connectivity index (χ2v) is 6.60. The number of rotatable bonds is 5. The highest BCUT2D eigenvalue weighted by molar-refractivity contribution is 5.86. The zero-order chi connectivity index (χ0) is 17.8. The van der Waals surface area contributed by atoms with Crippen molar-refractivity contribution in [2.45, 2.75) is 31.9 Å². The molecule has 1 N–H and O–H groups in total. The summed E-state index contributed by atoms with van der Waals surface area (Å²) in [6.07, 6.45) is 1.46. The van der Waals surface area contributed by atoms with Crippen molar-refractivity contribution in [2.24, 2.45) is 5.92 Å². The summed E-state index contributed by atoms with van der Waals surface area (Å²) in [7, 11) is 1.34. The second kappa shape index (κ2) is 7.85. The zero-order valence-electron chi connectivity index (χ0n) is 14.7. The van der Waals surface area contributed by atoms with Gasteiger partial charge in [0.15, 0.2) is 0 Å². The lowest BCUT2D eigenvalue weighted by atomic mass is 9.87. The summed E-state index contributed by atoms with van der Waals surface area (Å²) in [6, 6.07) is 13.4. The lowest BCUT2D eigenvalue weighted by molar-refractivity contribution is 0.0425. The number of methoxy groups -OCH3 is 1. The molecule has 0 spiro atoms. The molecule has 0 amide bonds. The number of furan rings is 1. The van der Waals surface area contributed by atoms with E-state index in [1.54, 1.807) is 6.07 Å². The van der Waals surface area contributed by atoms with E-state index in [1.807, 2.05) is 36.4 Å². The molecule has 1 aliphatic rings. The molecule has 1 fully saturated rings. The average molecular weight is 343 g/mol. The van der Waals surface area contributed by atoms with Crippen LogP contribution in [0, 0.1) is 5.92 Å². The van der Waals surface area contributed by atoms with Crippen LogP contribution in [0.15, 0.2) is 46.9 Å². The Morgan fingerprint density at radius 1 is 1.20 bits per heavy atom. The number of esters is 1. The third kappa shape index (κ3) is 3.94. The highest BCUT2D eigenvalue weighted by Crippen LogP contribution is 2.34. The monoisotopic (exact) mass is 343 g/mol. The first-order valence-electron chi connectivity index (χ1n) is 8.75. The van der Waals surface area contributed by atoms with Crippen LogP contribution in [0.3, 0.4) is 0 Å². The van der Waals surface area contributed by atoms with Crippen molar-refractivity contribution in [1.82, 2.24) is 4.90 Å². The molecular weight excluding hydrogens is 318 g/mol. The summed E-state index contributed by atoms with van der Waals surface area (Å²) in [5.74, 6) is 0.817. The summed E-state index contributed by atoms with van der Waals surface area (Å²) >= 11 is 0. The quantitative estimate of drug-likeness (QED) is 0.841. The minimum Gasteiger partial charge on any atom is -0.463 e. The van der Waals surface area contributed by atoms with Crippen molar-refractivity contribution >= 4 is 5.97 Å². The van der Waals surface area contributed by atoms with Gasteiger partial charge in [-0.25, -0.2) is 4.79 Å². The number of benzene rings is 1. The first-order valence-corrected chi connectivity index (χ1v) is 8.75. The molecule has 1 saturated heterocycles. The Kier molecular flexibility index (Phi) is 5.56. The molecule has 0 saturated carbocycles. The summed E-state index contributed by atoms with van der Waals surface area (Å²) in [6.45, 7) is 3.86. The number of hydrogen-bond acceptors (Lipinski definition) is 5. The highest BCUT2D eigenvalue weighted by atomic mass is 16.5. The average Bonchev–Trinajstić information content (AvgIpc) is 3.17. The Bertz CT molecular complexity index is 689. The molecular formula is C20H25NO4. The summed E-state index contributed by atoms with van der Waals surface area (Å²) in [5.41, 5.74) is 0.989. The molecule has 1 aromatic heterocycles. The molecule has 2 aromatic rings. The van der Waals surface area contributed by atoms with Crippen LogP contribution in [0.4, 0.5) is 0 Å². The lowest BCUT2D eigenvalue weighted by Gasteiger charge is -2.37. The molecule has 134 valence electrons. The molecule has 2 atom stereocenters. The van der Waals surface area contributed by atoms with Crippen molar-refractivity contribution in [3.8, 4) is 0 Å². The molecule has 1 aliphatic heterocycles. The fourth-order valence-electron chi connectivity index (χ4n) is 3.51. The zero-order valence-corrected chi connectivity index (χ0v) is 14.7. The fraction of sp³-hybridized carbons (Fsp3) is 0.450. The maximum absolute atomic E-state index is 11.5. The van der Waals surface area contributed by atoms with Gasteiger partial charge >= 0.3 is 5.97 Å². The molecule has 5 nitrogen and oxygen atoms in total. The van der Waals surface area contributed by atoms with Crippen molar-refractivity contribution in [1.29, 1.82) is 0 Å². The van der Waals surface area contributed by atoms with Gasteiger partial charge in [-0.05, 0) is 56.5 Å². The normalized spacial score (nSPS) is 18.7. The number of ether oxygens (including phenoxy) is 1. The predicted octanol–water partition coefficient (Wildman–Crippen LogP) is 3.57. The van der Waals surface area contributed by atoms with Crippen LogP contribution in [0.1, 0.15) is 53.8 Å². The van der Waals surface area contributed by atoms with E-state index < -0.39 is 12.1 Å². The van der Waals surface area contributed by atoms with Gasteiger partial charge in [0.25, 0.3) is 0 Å². The summed E-state index contributed by atoms with van der Waals surface area (Å²) in [5, 5.41) is 10.6. The van der Waals surface area contributed by atoms with Crippen molar-refractivity contribution in [3.63, 3.8) is 0 Å². The van der Waals surface area contributed by atoms with Gasteiger partial charge in [0.2, 0.25) is 5.76 Å². The molecule has 1 aromatic carbocycles. The smallest absolute Gasteiger partial charge is 0.373 e. The van der Waals surface area contributed by atoms with Gasteiger partial charge in [-0.2, -0.15) is 0 Å². The number of hydrogen-bond donors (Lipinski definition) is 1. The van der Waals surface area contributed by atoms with Crippen LogP contribution in [-0.4, -0.2) is 36.2 Å². The number of nitrogens with zero attached hydrogens (tertiary/aromatic N) is 1. The van der Waals surface area contributed by atoms with E-state index in [0.29, 0.717) is 0 Å². The van der Waals surface area contributed by atoms with Gasteiger partial charge in [-0.15, -0.1) is 0 Å². The molecule has 0 radical (unpaired) electrons. The van der Waals surface area contributed by atoms with Crippen molar-refractivity contribution in [3.05, 3.63) is 59.5 Å². The standard InChI is InChI=1S/C20H25NO4/c1-14(17-8-9-18(25-17)20(23)24-2)21-12-10-16(11-13-21)19(22)15-6-4-3-5-7-15/h3-9,14,16,19,22H,10-13H2,1-2H3. The fourth-order valence-corrected chi connectivity index (χ4v) is 3.51.